The highest BCUT2D eigenvalue weighted by Crippen LogP contribution is 2.18. The van der Waals surface area contributed by atoms with E-state index in [0.29, 0.717) is 5.92 Å². The van der Waals surface area contributed by atoms with Gasteiger partial charge in [0.15, 0.2) is 0 Å². The molecule has 1 aromatic rings. The third-order valence-electron chi connectivity index (χ3n) is 2.06. The molecule has 0 bridgehead atoms. The van der Waals surface area contributed by atoms with Crippen molar-refractivity contribution in [2.75, 3.05) is 0 Å². The van der Waals surface area contributed by atoms with Crippen molar-refractivity contribution in [2.24, 2.45) is 0 Å². The van der Waals surface area contributed by atoms with Gasteiger partial charge in [-0.2, -0.15) is 0 Å². The lowest BCUT2D eigenvalue weighted by atomic mass is 9.96. The topological polar surface area (TPSA) is 0 Å². The van der Waals surface area contributed by atoms with Crippen molar-refractivity contribution >= 4 is 0 Å². The monoisotopic (exact) mass is 210 g/mol. The number of aryl methyl sites for hydroxylation is 1. The molecule has 0 fully saturated rings. The van der Waals surface area contributed by atoms with Gasteiger partial charge in [-0.3, -0.25) is 0 Å². The van der Waals surface area contributed by atoms with Gasteiger partial charge in [0.2, 0.25) is 0 Å². The maximum atomic E-state index is 2.24. The Labute approximate surface area is 97.7 Å². The SMILES string of the molecule is C.C.CC.CCc1ccccc1C(C)C. The molecule has 0 radical (unpaired) electrons. The molecule has 0 aliphatic heterocycles. The molecular formula is C15H30. The average molecular weight is 210 g/mol. The largest absolute Gasteiger partial charge is 0.0776 e. The minimum atomic E-state index is 0. The molecule has 1 rings (SSSR count). The molecule has 0 nitrogen and oxygen atoms in total. The summed E-state index contributed by atoms with van der Waals surface area (Å²) in [5.41, 5.74) is 2.98. The fourth-order valence-electron chi connectivity index (χ4n) is 1.42. The van der Waals surface area contributed by atoms with Crippen LogP contribution in [-0.2, 0) is 6.42 Å². The van der Waals surface area contributed by atoms with Crippen molar-refractivity contribution < 1.29 is 0 Å². The maximum Gasteiger partial charge on any atom is -0.0216 e. The Hall–Kier alpha value is -0.780. The Balaban J connectivity index is -0.000000339. The van der Waals surface area contributed by atoms with Gasteiger partial charge < -0.3 is 0 Å². The van der Waals surface area contributed by atoms with E-state index in [1.165, 1.54) is 11.1 Å². The summed E-state index contributed by atoms with van der Waals surface area (Å²) in [6.07, 6.45) is 1.15. The van der Waals surface area contributed by atoms with Crippen molar-refractivity contribution in [1.82, 2.24) is 0 Å². The molecule has 1 aromatic carbocycles. The Bertz CT molecular complexity index is 223. The predicted octanol–water partition coefficient (Wildman–Crippen LogP) is 5.67. The van der Waals surface area contributed by atoms with Crippen LogP contribution in [0.2, 0.25) is 0 Å². The van der Waals surface area contributed by atoms with Gasteiger partial charge in [0, 0.05) is 0 Å². The van der Waals surface area contributed by atoms with Crippen LogP contribution < -0.4 is 0 Å². The third kappa shape index (κ3) is 6.33. The maximum absolute atomic E-state index is 2.24. The molecule has 0 atom stereocenters. The second-order valence-corrected chi connectivity index (χ2v) is 3.21. The minimum absolute atomic E-state index is 0. The van der Waals surface area contributed by atoms with E-state index in [0.717, 1.165) is 6.42 Å². The molecule has 0 amide bonds. The van der Waals surface area contributed by atoms with Crippen molar-refractivity contribution in [3.05, 3.63) is 35.4 Å². The molecule has 0 N–H and O–H groups in total. The predicted molar refractivity (Wildman–Crippen MR) is 74.7 cm³/mol. The lowest BCUT2D eigenvalue weighted by Gasteiger charge is -2.09. The van der Waals surface area contributed by atoms with Crippen LogP contribution in [0.4, 0.5) is 0 Å². The zero-order valence-electron chi connectivity index (χ0n) is 9.59. The van der Waals surface area contributed by atoms with Gasteiger partial charge in [-0.1, -0.05) is 73.7 Å². The zero-order chi connectivity index (χ0) is 10.3. The second kappa shape index (κ2) is 11.3. The second-order valence-electron chi connectivity index (χ2n) is 3.21. The molecule has 15 heavy (non-hydrogen) atoms. The Morgan fingerprint density at radius 2 is 1.47 bits per heavy atom. The van der Waals surface area contributed by atoms with Gasteiger partial charge in [0.25, 0.3) is 0 Å². The lowest BCUT2D eigenvalue weighted by molar-refractivity contribution is 0.844. The Morgan fingerprint density at radius 3 is 1.80 bits per heavy atom. The van der Waals surface area contributed by atoms with Crippen molar-refractivity contribution in [2.45, 2.75) is 61.8 Å². The van der Waals surface area contributed by atoms with Gasteiger partial charge in [-0.15, -0.1) is 0 Å². The smallest absolute Gasteiger partial charge is 0.0216 e. The van der Waals surface area contributed by atoms with Gasteiger partial charge in [0.05, 0.1) is 0 Å². The molecule has 0 aliphatic rings. The number of hydrogen-bond acceptors (Lipinski definition) is 0. The van der Waals surface area contributed by atoms with Gasteiger partial charge in [-0.25, -0.2) is 0 Å². The number of rotatable bonds is 2. The summed E-state index contributed by atoms with van der Waals surface area (Å²) < 4.78 is 0. The third-order valence-corrected chi connectivity index (χ3v) is 2.06. The number of hydrogen-bond donors (Lipinski definition) is 0. The van der Waals surface area contributed by atoms with Crippen LogP contribution in [0, 0.1) is 0 Å². The normalized spacial score (nSPS) is 8.13. The van der Waals surface area contributed by atoms with E-state index in [4.69, 9.17) is 0 Å². The van der Waals surface area contributed by atoms with Crippen LogP contribution in [0.25, 0.3) is 0 Å². The fourth-order valence-corrected chi connectivity index (χ4v) is 1.42. The summed E-state index contributed by atoms with van der Waals surface area (Å²) in [5.74, 6) is 0.658. The van der Waals surface area contributed by atoms with Crippen LogP contribution in [0.3, 0.4) is 0 Å². The molecule has 0 heteroatoms. The van der Waals surface area contributed by atoms with Crippen molar-refractivity contribution in [3.63, 3.8) is 0 Å². The van der Waals surface area contributed by atoms with Crippen molar-refractivity contribution in [1.29, 1.82) is 0 Å². The highest BCUT2D eigenvalue weighted by Gasteiger charge is 2.02. The summed E-state index contributed by atoms with van der Waals surface area (Å²) in [4.78, 5) is 0. The molecule has 0 saturated heterocycles. The van der Waals surface area contributed by atoms with Crippen LogP contribution in [0.1, 0.15) is 66.5 Å². The standard InChI is InChI=1S/C11H16.C2H6.2CH4/c1-4-10-7-5-6-8-11(10)9(2)3;1-2;;/h5-9H,4H2,1-3H3;1-2H3;2*1H4. The van der Waals surface area contributed by atoms with Gasteiger partial charge >= 0.3 is 0 Å². The summed E-state index contributed by atoms with van der Waals surface area (Å²) in [7, 11) is 0. The van der Waals surface area contributed by atoms with Crippen LogP contribution in [0.15, 0.2) is 24.3 Å². The molecule has 0 aliphatic carbocycles. The molecule has 0 heterocycles. The van der Waals surface area contributed by atoms with Crippen LogP contribution >= 0.6 is 0 Å². The highest BCUT2D eigenvalue weighted by atomic mass is 14.1. The highest BCUT2D eigenvalue weighted by molar-refractivity contribution is 5.29. The van der Waals surface area contributed by atoms with E-state index in [1.807, 2.05) is 13.8 Å². The van der Waals surface area contributed by atoms with E-state index in [-0.39, 0.29) is 14.9 Å². The van der Waals surface area contributed by atoms with Crippen molar-refractivity contribution in [3.8, 4) is 0 Å². The first-order chi connectivity index (χ1) is 6.25. The van der Waals surface area contributed by atoms with E-state index < -0.39 is 0 Å². The molecule has 0 unspecified atom stereocenters. The summed E-state index contributed by atoms with van der Waals surface area (Å²) in [6, 6.07) is 8.68. The average Bonchev–Trinajstić information content (AvgIpc) is 2.20. The first-order valence-corrected chi connectivity index (χ1v) is 5.33. The van der Waals surface area contributed by atoms with Gasteiger partial charge in [-0.05, 0) is 23.5 Å². The van der Waals surface area contributed by atoms with Crippen LogP contribution in [0.5, 0.6) is 0 Å². The molecular weight excluding hydrogens is 180 g/mol. The fraction of sp³-hybridized carbons (Fsp3) is 0.600. The van der Waals surface area contributed by atoms with E-state index in [2.05, 4.69) is 45.0 Å². The molecule has 90 valence electrons. The summed E-state index contributed by atoms with van der Waals surface area (Å²) >= 11 is 0. The molecule has 0 aromatic heterocycles. The summed E-state index contributed by atoms with van der Waals surface area (Å²) in [5, 5.41) is 0. The lowest BCUT2D eigenvalue weighted by Crippen LogP contribution is -1.93. The first-order valence-electron chi connectivity index (χ1n) is 5.33. The first kappa shape index (κ1) is 19.7. The van der Waals surface area contributed by atoms with Gasteiger partial charge in [0.1, 0.15) is 0 Å². The molecule has 0 saturated carbocycles. The number of benzene rings is 1. The molecule has 0 spiro atoms. The minimum Gasteiger partial charge on any atom is -0.0776 e. The summed E-state index contributed by atoms with van der Waals surface area (Å²) in [6.45, 7) is 10.7. The van der Waals surface area contributed by atoms with E-state index in [1.54, 1.807) is 0 Å². The Kier molecular flexibility index (Phi) is 14.9. The van der Waals surface area contributed by atoms with Crippen LogP contribution in [-0.4, -0.2) is 0 Å². The van der Waals surface area contributed by atoms with E-state index >= 15 is 0 Å². The Morgan fingerprint density at radius 1 is 1.00 bits per heavy atom. The zero-order valence-corrected chi connectivity index (χ0v) is 9.59. The van der Waals surface area contributed by atoms with E-state index in [9.17, 15) is 0 Å². The quantitative estimate of drug-likeness (QED) is 0.590.